The monoisotopic (exact) mass is 274 g/mol. The van der Waals surface area contributed by atoms with Crippen molar-refractivity contribution in [2.24, 2.45) is 5.41 Å². The molecule has 106 valence electrons. The molecule has 0 fully saturated rings. The van der Waals surface area contributed by atoms with E-state index in [-0.39, 0.29) is 5.91 Å². The Kier molecular flexibility index (Phi) is 4.87. The minimum absolute atomic E-state index is 0.337. The van der Waals surface area contributed by atoms with Crippen LogP contribution in [0.3, 0.4) is 0 Å². The number of hydrogen-bond acceptors (Lipinski definition) is 3. The van der Waals surface area contributed by atoms with Gasteiger partial charge in [0.15, 0.2) is 0 Å². The van der Waals surface area contributed by atoms with Crippen molar-refractivity contribution >= 4 is 11.9 Å². The lowest BCUT2D eigenvalue weighted by Gasteiger charge is -2.30. The molecule has 0 saturated heterocycles. The van der Waals surface area contributed by atoms with Gasteiger partial charge in [-0.3, -0.25) is 9.59 Å². The molecule has 0 spiro atoms. The Hall–Kier alpha value is -2.35. The Balaban J connectivity index is 2.87. The number of carbonyl (C=O) groups excluding carboxylic acids is 1. The maximum atomic E-state index is 12.1. The van der Waals surface area contributed by atoms with Crippen LogP contribution in [-0.4, -0.2) is 23.0 Å². The number of amides is 1. The fourth-order valence-electron chi connectivity index (χ4n) is 1.88. The maximum absolute atomic E-state index is 12.1. The molecule has 1 aromatic rings. The average Bonchev–Trinajstić information content (AvgIpc) is 2.44. The van der Waals surface area contributed by atoms with Crippen LogP contribution in [0.15, 0.2) is 24.3 Å². The molecule has 1 aromatic carbocycles. The Morgan fingerprint density at radius 3 is 2.30 bits per heavy atom. The molecule has 5 heteroatoms. The topological polar surface area (TPSA) is 90.2 Å². The molecule has 1 atom stereocenters. The minimum Gasteiger partial charge on any atom is -0.481 e. The van der Waals surface area contributed by atoms with Crippen LogP contribution in [0.25, 0.3) is 0 Å². The van der Waals surface area contributed by atoms with E-state index in [9.17, 15) is 14.7 Å². The zero-order valence-corrected chi connectivity index (χ0v) is 11.8. The standard InChI is InChI=1S/C15H18N2O3/c1-4-12(15(2,3)14(19)20)17-13(18)11-7-5-10(9-16)6-8-11/h5-8,12H,4H2,1-3H3,(H,17,18)(H,19,20)/t12-/m0/s1. The molecule has 1 rings (SSSR count). The summed E-state index contributed by atoms with van der Waals surface area (Å²) in [6.07, 6.45) is 0.515. The molecule has 5 nitrogen and oxygen atoms in total. The van der Waals surface area contributed by atoms with Gasteiger partial charge in [0, 0.05) is 11.6 Å². The molecule has 0 saturated carbocycles. The van der Waals surface area contributed by atoms with E-state index in [0.717, 1.165) is 0 Å². The molecule has 0 radical (unpaired) electrons. The maximum Gasteiger partial charge on any atom is 0.311 e. The number of aliphatic carboxylic acids is 1. The number of nitriles is 1. The van der Waals surface area contributed by atoms with E-state index in [2.05, 4.69) is 5.32 Å². The second kappa shape index (κ2) is 6.20. The van der Waals surface area contributed by atoms with Crippen LogP contribution in [-0.2, 0) is 4.79 Å². The third-order valence-electron chi connectivity index (χ3n) is 3.41. The first-order chi connectivity index (χ1) is 9.32. The Bertz CT molecular complexity index is 541. The van der Waals surface area contributed by atoms with Gasteiger partial charge >= 0.3 is 5.97 Å². The van der Waals surface area contributed by atoms with E-state index in [1.807, 2.05) is 13.0 Å². The van der Waals surface area contributed by atoms with E-state index >= 15 is 0 Å². The molecule has 0 unspecified atom stereocenters. The van der Waals surface area contributed by atoms with Gasteiger partial charge < -0.3 is 10.4 Å². The summed E-state index contributed by atoms with van der Waals surface area (Å²) in [5.41, 5.74) is -0.167. The van der Waals surface area contributed by atoms with Crippen LogP contribution in [0, 0.1) is 16.7 Å². The van der Waals surface area contributed by atoms with Crippen molar-refractivity contribution in [3.63, 3.8) is 0 Å². The predicted octanol–water partition coefficient (Wildman–Crippen LogP) is 2.18. The van der Waals surface area contributed by atoms with Crippen LogP contribution in [0.5, 0.6) is 0 Å². The number of carboxylic acid groups (broad SMARTS) is 1. The summed E-state index contributed by atoms with van der Waals surface area (Å²) in [5, 5.41) is 20.6. The zero-order valence-electron chi connectivity index (χ0n) is 11.8. The van der Waals surface area contributed by atoms with Gasteiger partial charge in [-0.2, -0.15) is 5.26 Å². The number of nitrogens with one attached hydrogen (secondary N) is 1. The Labute approximate surface area is 118 Å². The van der Waals surface area contributed by atoms with E-state index < -0.39 is 17.4 Å². The number of rotatable bonds is 5. The quantitative estimate of drug-likeness (QED) is 0.861. The summed E-state index contributed by atoms with van der Waals surface area (Å²) in [5.74, 6) is -1.29. The first-order valence-electron chi connectivity index (χ1n) is 6.37. The van der Waals surface area contributed by atoms with Crippen LogP contribution in [0.2, 0.25) is 0 Å². The van der Waals surface area contributed by atoms with Crippen molar-refractivity contribution in [1.82, 2.24) is 5.32 Å². The molecular weight excluding hydrogens is 256 g/mol. The van der Waals surface area contributed by atoms with E-state index in [1.165, 1.54) is 0 Å². The van der Waals surface area contributed by atoms with Gasteiger partial charge in [0.25, 0.3) is 5.91 Å². The molecule has 0 heterocycles. The lowest BCUT2D eigenvalue weighted by atomic mass is 9.83. The van der Waals surface area contributed by atoms with Crippen LogP contribution < -0.4 is 5.32 Å². The highest BCUT2D eigenvalue weighted by Crippen LogP contribution is 2.23. The SMILES string of the molecule is CC[C@H](NC(=O)c1ccc(C#N)cc1)C(C)(C)C(=O)O. The molecular formula is C15H18N2O3. The molecule has 0 aromatic heterocycles. The second-order valence-corrected chi connectivity index (χ2v) is 5.15. The van der Waals surface area contributed by atoms with Gasteiger partial charge in [-0.15, -0.1) is 0 Å². The molecule has 2 N–H and O–H groups in total. The molecule has 0 bridgehead atoms. The summed E-state index contributed by atoms with van der Waals surface area (Å²) >= 11 is 0. The number of benzene rings is 1. The third-order valence-corrected chi connectivity index (χ3v) is 3.41. The summed E-state index contributed by atoms with van der Waals surface area (Å²) in [6, 6.07) is 7.71. The highest BCUT2D eigenvalue weighted by Gasteiger charge is 2.36. The lowest BCUT2D eigenvalue weighted by molar-refractivity contribution is -0.148. The highest BCUT2D eigenvalue weighted by atomic mass is 16.4. The third kappa shape index (κ3) is 3.35. The number of carboxylic acids is 1. The molecule has 0 aliphatic carbocycles. The first-order valence-corrected chi connectivity index (χ1v) is 6.37. The first kappa shape index (κ1) is 15.7. The van der Waals surface area contributed by atoms with E-state index in [1.54, 1.807) is 38.1 Å². The van der Waals surface area contributed by atoms with Crippen molar-refractivity contribution in [3.8, 4) is 6.07 Å². The van der Waals surface area contributed by atoms with Crippen LogP contribution in [0.4, 0.5) is 0 Å². The van der Waals surface area contributed by atoms with Gasteiger partial charge in [-0.1, -0.05) is 6.92 Å². The van der Waals surface area contributed by atoms with Crippen molar-refractivity contribution in [3.05, 3.63) is 35.4 Å². The zero-order chi connectivity index (χ0) is 15.3. The summed E-state index contributed by atoms with van der Waals surface area (Å²) in [4.78, 5) is 23.3. The molecule has 0 aliphatic rings. The van der Waals surface area contributed by atoms with Gasteiger partial charge in [-0.25, -0.2) is 0 Å². The summed E-state index contributed by atoms with van der Waals surface area (Å²) < 4.78 is 0. The predicted molar refractivity (Wildman–Crippen MR) is 74.1 cm³/mol. The smallest absolute Gasteiger partial charge is 0.311 e. The van der Waals surface area contributed by atoms with Crippen molar-refractivity contribution < 1.29 is 14.7 Å². The largest absolute Gasteiger partial charge is 0.481 e. The van der Waals surface area contributed by atoms with Gasteiger partial charge in [0.2, 0.25) is 0 Å². The van der Waals surface area contributed by atoms with Crippen molar-refractivity contribution in [2.75, 3.05) is 0 Å². The normalized spacial score (nSPS) is 12.3. The van der Waals surface area contributed by atoms with Gasteiger partial charge in [0.05, 0.1) is 17.0 Å². The molecule has 0 aliphatic heterocycles. The van der Waals surface area contributed by atoms with E-state index in [0.29, 0.717) is 17.5 Å². The second-order valence-electron chi connectivity index (χ2n) is 5.15. The fourth-order valence-corrected chi connectivity index (χ4v) is 1.88. The molecule has 20 heavy (non-hydrogen) atoms. The number of carbonyl (C=O) groups is 2. The lowest BCUT2D eigenvalue weighted by Crippen LogP contribution is -2.48. The Morgan fingerprint density at radius 1 is 1.35 bits per heavy atom. The van der Waals surface area contributed by atoms with Crippen LogP contribution >= 0.6 is 0 Å². The number of hydrogen-bond donors (Lipinski definition) is 2. The Morgan fingerprint density at radius 2 is 1.90 bits per heavy atom. The van der Waals surface area contributed by atoms with Crippen molar-refractivity contribution in [1.29, 1.82) is 5.26 Å². The highest BCUT2D eigenvalue weighted by molar-refractivity contribution is 5.95. The van der Waals surface area contributed by atoms with Gasteiger partial charge in [0.1, 0.15) is 0 Å². The van der Waals surface area contributed by atoms with Crippen molar-refractivity contribution in [2.45, 2.75) is 33.2 Å². The average molecular weight is 274 g/mol. The number of nitrogens with zero attached hydrogens (tertiary/aromatic N) is 1. The van der Waals surface area contributed by atoms with E-state index in [4.69, 9.17) is 5.26 Å². The molecule has 1 amide bonds. The minimum atomic E-state index is -1.04. The fraction of sp³-hybridized carbons (Fsp3) is 0.400. The summed E-state index contributed by atoms with van der Waals surface area (Å²) in [7, 11) is 0. The summed E-state index contributed by atoms with van der Waals surface area (Å²) in [6.45, 7) is 5.00. The van der Waals surface area contributed by atoms with Crippen LogP contribution in [0.1, 0.15) is 43.1 Å². The van der Waals surface area contributed by atoms with Gasteiger partial charge in [-0.05, 0) is 44.5 Å².